The average Bonchev–Trinajstić information content (AvgIpc) is 3.20. The Hall–Kier alpha value is -3.16. The predicted molar refractivity (Wildman–Crippen MR) is 81.1 cm³/mol. The summed E-state index contributed by atoms with van der Waals surface area (Å²) >= 11 is 0. The predicted octanol–water partition coefficient (Wildman–Crippen LogP) is 2.41. The van der Waals surface area contributed by atoms with Gasteiger partial charge in [0.1, 0.15) is 29.4 Å². The lowest BCUT2D eigenvalue weighted by Crippen LogP contribution is -1.98. The van der Waals surface area contributed by atoms with Crippen molar-refractivity contribution in [2.45, 2.75) is 13.8 Å². The number of hydrazone groups is 1. The second-order valence-corrected chi connectivity index (χ2v) is 4.51. The standard InChI is InChI=1S/C14H14N6O2/c1-10-3-5-12(21-10)7-15-18-14-19-16-9-20(14)17-8-13-6-4-11(2)22-13/h3-9H,1-2H3,(H,18,19)/b15-7+,17-8+. The van der Waals surface area contributed by atoms with E-state index in [1.54, 1.807) is 12.4 Å². The van der Waals surface area contributed by atoms with Crippen LogP contribution in [0.4, 0.5) is 5.95 Å². The van der Waals surface area contributed by atoms with E-state index < -0.39 is 0 Å². The SMILES string of the molecule is Cc1ccc(/C=N/Nc2nncn2/N=C/c2ccc(C)o2)o1. The summed E-state index contributed by atoms with van der Waals surface area (Å²) in [5.41, 5.74) is 2.75. The molecule has 0 amide bonds. The summed E-state index contributed by atoms with van der Waals surface area (Å²) in [6.07, 6.45) is 4.58. The zero-order valence-corrected chi connectivity index (χ0v) is 12.1. The maximum Gasteiger partial charge on any atom is 0.265 e. The van der Waals surface area contributed by atoms with Crippen LogP contribution in [0.1, 0.15) is 23.0 Å². The van der Waals surface area contributed by atoms with Crippen molar-refractivity contribution >= 4 is 18.4 Å². The van der Waals surface area contributed by atoms with Crippen molar-refractivity contribution in [3.8, 4) is 0 Å². The lowest BCUT2D eigenvalue weighted by Gasteiger charge is -1.97. The molecule has 0 atom stereocenters. The Labute approximate surface area is 126 Å². The Kier molecular flexibility index (Phi) is 3.82. The van der Waals surface area contributed by atoms with E-state index in [4.69, 9.17) is 8.83 Å². The highest BCUT2D eigenvalue weighted by Gasteiger charge is 2.01. The third-order valence-electron chi connectivity index (χ3n) is 2.72. The van der Waals surface area contributed by atoms with Crippen molar-refractivity contribution in [2.24, 2.45) is 10.2 Å². The Morgan fingerprint density at radius 3 is 2.36 bits per heavy atom. The van der Waals surface area contributed by atoms with Crippen LogP contribution >= 0.6 is 0 Å². The van der Waals surface area contributed by atoms with E-state index in [0.29, 0.717) is 17.5 Å². The Morgan fingerprint density at radius 2 is 1.73 bits per heavy atom. The Balaban J connectivity index is 1.67. The number of hydrogen-bond acceptors (Lipinski definition) is 7. The van der Waals surface area contributed by atoms with Gasteiger partial charge in [-0.3, -0.25) is 0 Å². The first-order valence-corrected chi connectivity index (χ1v) is 6.57. The highest BCUT2D eigenvalue weighted by Crippen LogP contribution is 2.06. The van der Waals surface area contributed by atoms with Gasteiger partial charge < -0.3 is 8.83 Å². The van der Waals surface area contributed by atoms with Gasteiger partial charge in [-0.2, -0.15) is 14.9 Å². The van der Waals surface area contributed by atoms with Gasteiger partial charge in [-0.1, -0.05) is 0 Å². The first kappa shape index (κ1) is 13.8. The molecule has 0 bridgehead atoms. The molecule has 0 radical (unpaired) electrons. The summed E-state index contributed by atoms with van der Waals surface area (Å²) < 4.78 is 12.2. The van der Waals surface area contributed by atoms with Gasteiger partial charge in [0.25, 0.3) is 5.95 Å². The maximum atomic E-state index is 5.40. The number of aryl methyl sites for hydroxylation is 2. The van der Waals surface area contributed by atoms with Gasteiger partial charge in [0.05, 0.1) is 12.4 Å². The van der Waals surface area contributed by atoms with E-state index in [1.807, 2.05) is 38.1 Å². The normalized spacial score (nSPS) is 11.7. The molecule has 3 heterocycles. The van der Waals surface area contributed by atoms with Gasteiger partial charge in [-0.05, 0) is 38.1 Å². The van der Waals surface area contributed by atoms with Gasteiger partial charge in [0.15, 0.2) is 0 Å². The largest absolute Gasteiger partial charge is 0.460 e. The fourth-order valence-corrected chi connectivity index (χ4v) is 1.71. The third kappa shape index (κ3) is 3.29. The molecule has 8 heteroatoms. The van der Waals surface area contributed by atoms with E-state index in [0.717, 1.165) is 11.5 Å². The van der Waals surface area contributed by atoms with Crippen LogP contribution in [0.3, 0.4) is 0 Å². The molecule has 3 aromatic heterocycles. The third-order valence-corrected chi connectivity index (χ3v) is 2.72. The molecular weight excluding hydrogens is 284 g/mol. The summed E-state index contributed by atoms with van der Waals surface area (Å²) in [6.45, 7) is 3.74. The smallest absolute Gasteiger partial charge is 0.265 e. The molecule has 0 fully saturated rings. The van der Waals surface area contributed by atoms with Crippen molar-refractivity contribution < 1.29 is 8.83 Å². The van der Waals surface area contributed by atoms with Crippen LogP contribution in [0.15, 0.2) is 49.6 Å². The first-order valence-electron chi connectivity index (χ1n) is 6.57. The molecule has 0 saturated heterocycles. The highest BCUT2D eigenvalue weighted by molar-refractivity contribution is 5.77. The molecule has 22 heavy (non-hydrogen) atoms. The Morgan fingerprint density at radius 1 is 1.05 bits per heavy atom. The zero-order valence-electron chi connectivity index (χ0n) is 12.1. The van der Waals surface area contributed by atoms with Crippen LogP contribution in [0, 0.1) is 13.8 Å². The molecule has 0 aliphatic heterocycles. The van der Waals surface area contributed by atoms with Gasteiger partial charge in [0, 0.05) is 0 Å². The van der Waals surface area contributed by atoms with E-state index in [9.17, 15) is 0 Å². The van der Waals surface area contributed by atoms with Crippen LogP contribution in [-0.4, -0.2) is 27.3 Å². The summed E-state index contributed by atoms with van der Waals surface area (Å²) in [5, 5.41) is 15.9. The Bertz CT molecular complexity index is 811. The van der Waals surface area contributed by atoms with E-state index in [1.165, 1.54) is 11.0 Å². The molecule has 0 aromatic carbocycles. The molecule has 0 aliphatic rings. The quantitative estimate of drug-likeness (QED) is 0.576. The van der Waals surface area contributed by atoms with E-state index in [-0.39, 0.29) is 0 Å². The minimum absolute atomic E-state index is 0.374. The number of aromatic nitrogens is 3. The molecule has 1 N–H and O–H groups in total. The highest BCUT2D eigenvalue weighted by atomic mass is 16.3. The number of furan rings is 2. The van der Waals surface area contributed by atoms with Crippen LogP contribution in [0.2, 0.25) is 0 Å². The number of nitrogens with zero attached hydrogens (tertiary/aromatic N) is 5. The van der Waals surface area contributed by atoms with Crippen LogP contribution in [0.25, 0.3) is 0 Å². The lowest BCUT2D eigenvalue weighted by atomic mass is 10.4. The molecule has 3 aromatic rings. The molecule has 0 spiro atoms. The molecule has 0 aliphatic carbocycles. The molecule has 0 saturated carbocycles. The molecular formula is C14H14N6O2. The minimum Gasteiger partial charge on any atom is -0.460 e. The fourth-order valence-electron chi connectivity index (χ4n) is 1.71. The van der Waals surface area contributed by atoms with Crippen molar-refractivity contribution in [3.05, 3.63) is 53.6 Å². The zero-order chi connectivity index (χ0) is 15.4. The topological polar surface area (TPSA) is 93.7 Å². The lowest BCUT2D eigenvalue weighted by molar-refractivity contribution is 0.527. The monoisotopic (exact) mass is 298 g/mol. The summed E-state index contributed by atoms with van der Waals surface area (Å²) in [5.74, 6) is 3.31. The number of anilines is 1. The second-order valence-electron chi connectivity index (χ2n) is 4.51. The average molecular weight is 298 g/mol. The maximum absolute atomic E-state index is 5.40. The van der Waals surface area contributed by atoms with E-state index >= 15 is 0 Å². The molecule has 112 valence electrons. The van der Waals surface area contributed by atoms with Crippen molar-refractivity contribution in [1.29, 1.82) is 0 Å². The van der Waals surface area contributed by atoms with E-state index in [2.05, 4.69) is 25.8 Å². The molecule has 8 nitrogen and oxygen atoms in total. The molecule has 3 rings (SSSR count). The van der Waals surface area contributed by atoms with Crippen LogP contribution < -0.4 is 5.43 Å². The minimum atomic E-state index is 0.374. The van der Waals surface area contributed by atoms with Crippen LogP contribution in [0.5, 0.6) is 0 Å². The summed E-state index contributed by atoms with van der Waals surface area (Å²) in [7, 11) is 0. The second kappa shape index (κ2) is 6.08. The van der Waals surface area contributed by atoms with Gasteiger partial charge in [-0.15, -0.1) is 10.2 Å². The van der Waals surface area contributed by atoms with Crippen molar-refractivity contribution in [2.75, 3.05) is 5.43 Å². The van der Waals surface area contributed by atoms with Crippen LogP contribution in [-0.2, 0) is 0 Å². The summed E-state index contributed by atoms with van der Waals surface area (Å²) in [4.78, 5) is 0. The summed E-state index contributed by atoms with van der Waals surface area (Å²) in [6, 6.07) is 7.37. The number of nitrogens with one attached hydrogen (secondary N) is 1. The first-order chi connectivity index (χ1) is 10.7. The van der Waals surface area contributed by atoms with Gasteiger partial charge in [-0.25, -0.2) is 5.43 Å². The fraction of sp³-hybridized carbons (Fsp3) is 0.143. The van der Waals surface area contributed by atoms with Gasteiger partial charge in [0.2, 0.25) is 0 Å². The number of rotatable bonds is 5. The van der Waals surface area contributed by atoms with Gasteiger partial charge >= 0.3 is 0 Å². The number of hydrogen-bond donors (Lipinski definition) is 1. The van der Waals surface area contributed by atoms with Crippen molar-refractivity contribution in [3.63, 3.8) is 0 Å². The van der Waals surface area contributed by atoms with Crippen molar-refractivity contribution in [1.82, 2.24) is 14.9 Å². The molecule has 0 unspecified atom stereocenters.